The van der Waals surface area contributed by atoms with Crippen molar-refractivity contribution in [2.45, 2.75) is 20.5 Å². The molecule has 0 aliphatic rings. The molecular weight excluding hydrogens is 292 g/mol. The van der Waals surface area contributed by atoms with Crippen LogP contribution in [0.1, 0.15) is 27.4 Å². The lowest BCUT2D eigenvalue weighted by atomic mass is 10.1. The molecule has 0 aliphatic carbocycles. The van der Waals surface area contributed by atoms with Crippen molar-refractivity contribution in [1.29, 1.82) is 0 Å². The predicted octanol–water partition coefficient (Wildman–Crippen LogP) is 3.71. The molecule has 0 unspecified atom stereocenters. The first-order chi connectivity index (χ1) is 11.1. The number of ether oxygens (including phenoxy) is 1. The molecule has 0 spiro atoms. The molecule has 3 rings (SSSR count). The van der Waals surface area contributed by atoms with Crippen molar-refractivity contribution in [1.82, 2.24) is 10.2 Å². The number of carbonyl (C=O) groups excluding carboxylic acids is 1. The van der Waals surface area contributed by atoms with Crippen LogP contribution in [0.4, 0.5) is 0 Å². The highest BCUT2D eigenvalue weighted by Crippen LogP contribution is 2.18. The molecule has 5 heteroatoms. The number of rotatable bonds is 4. The van der Waals surface area contributed by atoms with E-state index in [1.165, 1.54) is 0 Å². The largest absolute Gasteiger partial charge is 0.452 e. The Morgan fingerprint density at radius 3 is 2.61 bits per heavy atom. The molecule has 1 heterocycles. The zero-order valence-corrected chi connectivity index (χ0v) is 12.9. The zero-order valence-electron chi connectivity index (χ0n) is 12.9. The average molecular weight is 308 g/mol. The number of esters is 1. The second kappa shape index (κ2) is 6.44. The van der Waals surface area contributed by atoms with E-state index in [1.54, 1.807) is 6.07 Å². The maximum absolute atomic E-state index is 12.1. The maximum atomic E-state index is 12.1. The van der Waals surface area contributed by atoms with Gasteiger partial charge in [0.15, 0.2) is 6.61 Å². The van der Waals surface area contributed by atoms with E-state index in [4.69, 9.17) is 9.15 Å². The molecular formula is C18H16N2O3. The van der Waals surface area contributed by atoms with Crippen LogP contribution in [0.15, 0.2) is 52.9 Å². The van der Waals surface area contributed by atoms with Crippen LogP contribution in [0.25, 0.3) is 11.5 Å². The number of hydrogen-bond acceptors (Lipinski definition) is 5. The third-order valence-corrected chi connectivity index (χ3v) is 3.42. The molecule has 0 fully saturated rings. The molecule has 0 N–H and O–H groups in total. The van der Waals surface area contributed by atoms with Crippen molar-refractivity contribution in [2.75, 3.05) is 0 Å². The van der Waals surface area contributed by atoms with E-state index in [2.05, 4.69) is 10.2 Å². The highest BCUT2D eigenvalue weighted by atomic mass is 16.5. The van der Waals surface area contributed by atoms with Gasteiger partial charge in [-0.3, -0.25) is 0 Å². The van der Waals surface area contributed by atoms with Crippen molar-refractivity contribution in [3.63, 3.8) is 0 Å². The third kappa shape index (κ3) is 3.45. The average Bonchev–Trinajstić information content (AvgIpc) is 3.02. The Morgan fingerprint density at radius 2 is 1.87 bits per heavy atom. The zero-order chi connectivity index (χ0) is 16.2. The smallest absolute Gasteiger partial charge is 0.338 e. The Morgan fingerprint density at radius 1 is 1.09 bits per heavy atom. The van der Waals surface area contributed by atoms with E-state index in [0.29, 0.717) is 11.5 Å². The fourth-order valence-corrected chi connectivity index (χ4v) is 2.26. The van der Waals surface area contributed by atoms with Gasteiger partial charge in [-0.1, -0.05) is 35.9 Å². The van der Waals surface area contributed by atoms with Gasteiger partial charge in [0, 0.05) is 5.56 Å². The van der Waals surface area contributed by atoms with Gasteiger partial charge in [-0.25, -0.2) is 4.79 Å². The molecule has 116 valence electrons. The maximum Gasteiger partial charge on any atom is 0.338 e. The van der Waals surface area contributed by atoms with Gasteiger partial charge in [-0.05, 0) is 37.6 Å². The second-order valence-electron chi connectivity index (χ2n) is 5.26. The lowest BCUT2D eigenvalue weighted by molar-refractivity contribution is 0.0438. The van der Waals surface area contributed by atoms with Gasteiger partial charge in [-0.15, -0.1) is 10.2 Å². The monoisotopic (exact) mass is 308 g/mol. The minimum atomic E-state index is -0.401. The number of aryl methyl sites for hydroxylation is 2. The molecule has 0 atom stereocenters. The first-order valence-electron chi connectivity index (χ1n) is 7.25. The van der Waals surface area contributed by atoms with E-state index >= 15 is 0 Å². The summed E-state index contributed by atoms with van der Waals surface area (Å²) in [5.41, 5.74) is 3.35. The minimum Gasteiger partial charge on any atom is -0.452 e. The third-order valence-electron chi connectivity index (χ3n) is 3.42. The lowest BCUT2D eigenvalue weighted by Gasteiger charge is -2.06. The number of benzene rings is 2. The molecule has 5 nitrogen and oxygen atoms in total. The van der Waals surface area contributed by atoms with Crippen molar-refractivity contribution in [3.05, 3.63) is 71.1 Å². The Hall–Kier alpha value is -2.95. The summed E-state index contributed by atoms with van der Waals surface area (Å²) < 4.78 is 10.8. The van der Waals surface area contributed by atoms with Gasteiger partial charge in [0.25, 0.3) is 5.89 Å². The fraction of sp³-hybridized carbons (Fsp3) is 0.167. The van der Waals surface area contributed by atoms with Crippen LogP contribution in [0.2, 0.25) is 0 Å². The molecule has 2 aromatic carbocycles. The molecule has 0 saturated heterocycles. The first kappa shape index (κ1) is 15.0. The molecule has 0 radical (unpaired) electrons. The summed E-state index contributed by atoms with van der Waals surface area (Å²) >= 11 is 0. The summed E-state index contributed by atoms with van der Waals surface area (Å²) in [5, 5.41) is 7.86. The summed E-state index contributed by atoms with van der Waals surface area (Å²) in [5.74, 6) is 0.270. The quantitative estimate of drug-likeness (QED) is 0.687. The van der Waals surface area contributed by atoms with E-state index in [-0.39, 0.29) is 12.5 Å². The summed E-state index contributed by atoms with van der Waals surface area (Å²) in [6.07, 6.45) is 0. The van der Waals surface area contributed by atoms with Gasteiger partial charge in [-0.2, -0.15) is 0 Å². The van der Waals surface area contributed by atoms with Crippen LogP contribution >= 0.6 is 0 Å². The van der Waals surface area contributed by atoms with E-state index in [9.17, 15) is 4.79 Å². The van der Waals surface area contributed by atoms with Gasteiger partial charge >= 0.3 is 5.97 Å². The van der Waals surface area contributed by atoms with Crippen molar-refractivity contribution in [3.8, 4) is 11.5 Å². The van der Waals surface area contributed by atoms with Crippen LogP contribution in [-0.2, 0) is 11.3 Å². The molecule has 0 saturated carbocycles. The Bertz CT molecular complexity index is 825. The first-order valence-corrected chi connectivity index (χ1v) is 7.25. The SMILES string of the molecule is Cc1ccc(C(=O)OCc2nnc(-c3ccccc3)o2)c(C)c1. The van der Waals surface area contributed by atoms with Crippen LogP contribution in [0.3, 0.4) is 0 Å². The van der Waals surface area contributed by atoms with Crippen molar-refractivity contribution < 1.29 is 13.9 Å². The molecule has 0 bridgehead atoms. The van der Waals surface area contributed by atoms with Crippen LogP contribution in [0, 0.1) is 13.8 Å². The number of nitrogens with zero attached hydrogens (tertiary/aromatic N) is 2. The molecule has 3 aromatic rings. The van der Waals surface area contributed by atoms with Crippen molar-refractivity contribution in [2.24, 2.45) is 0 Å². The predicted molar refractivity (Wildman–Crippen MR) is 84.8 cm³/mol. The van der Waals surface area contributed by atoms with Crippen molar-refractivity contribution >= 4 is 5.97 Å². The molecule has 23 heavy (non-hydrogen) atoms. The number of hydrogen-bond donors (Lipinski definition) is 0. The van der Waals surface area contributed by atoms with Crippen LogP contribution < -0.4 is 0 Å². The fourth-order valence-electron chi connectivity index (χ4n) is 2.26. The van der Waals surface area contributed by atoms with Crippen LogP contribution in [-0.4, -0.2) is 16.2 Å². The highest BCUT2D eigenvalue weighted by Gasteiger charge is 2.13. The van der Waals surface area contributed by atoms with Gasteiger partial charge in [0.05, 0.1) is 5.56 Å². The highest BCUT2D eigenvalue weighted by molar-refractivity contribution is 5.91. The number of aromatic nitrogens is 2. The summed E-state index contributed by atoms with van der Waals surface area (Å²) in [7, 11) is 0. The topological polar surface area (TPSA) is 65.2 Å². The molecule has 0 amide bonds. The van der Waals surface area contributed by atoms with E-state index < -0.39 is 5.97 Å². The van der Waals surface area contributed by atoms with E-state index in [0.717, 1.165) is 16.7 Å². The Kier molecular flexibility index (Phi) is 4.19. The minimum absolute atomic E-state index is 0.0496. The van der Waals surface area contributed by atoms with E-state index in [1.807, 2.05) is 56.3 Å². The normalized spacial score (nSPS) is 10.5. The van der Waals surface area contributed by atoms with Crippen LogP contribution in [0.5, 0.6) is 0 Å². The Balaban J connectivity index is 1.67. The van der Waals surface area contributed by atoms with Gasteiger partial charge < -0.3 is 9.15 Å². The standard InChI is InChI=1S/C18H16N2O3/c1-12-8-9-15(13(2)10-12)18(21)22-11-16-19-20-17(23-16)14-6-4-3-5-7-14/h3-10H,11H2,1-2H3. The van der Waals surface area contributed by atoms with Gasteiger partial charge in [0.2, 0.25) is 5.89 Å². The Labute approximate surface area is 133 Å². The summed E-state index contributed by atoms with van der Waals surface area (Å²) in [6.45, 7) is 3.81. The second-order valence-corrected chi connectivity index (χ2v) is 5.26. The summed E-state index contributed by atoms with van der Waals surface area (Å²) in [6, 6.07) is 15.0. The number of carbonyl (C=O) groups is 1. The molecule has 0 aliphatic heterocycles. The summed E-state index contributed by atoms with van der Waals surface area (Å²) in [4.78, 5) is 12.1. The lowest BCUT2D eigenvalue weighted by Crippen LogP contribution is -2.07. The molecule has 1 aromatic heterocycles. The van der Waals surface area contributed by atoms with Gasteiger partial charge in [0.1, 0.15) is 0 Å².